The van der Waals surface area contributed by atoms with E-state index >= 15 is 0 Å². The summed E-state index contributed by atoms with van der Waals surface area (Å²) in [4.78, 5) is 12.1. The Morgan fingerprint density at radius 3 is 3.00 bits per heavy atom. The highest BCUT2D eigenvalue weighted by atomic mass is 32.2. The summed E-state index contributed by atoms with van der Waals surface area (Å²) in [5, 5.41) is 15.5. The van der Waals surface area contributed by atoms with E-state index in [1.54, 1.807) is 23.7 Å². The van der Waals surface area contributed by atoms with Crippen molar-refractivity contribution in [2.24, 2.45) is 0 Å². The van der Waals surface area contributed by atoms with E-state index in [9.17, 15) is 4.79 Å². The molecule has 0 aliphatic rings. The first-order valence-electron chi connectivity index (χ1n) is 8.69. The highest BCUT2D eigenvalue weighted by Crippen LogP contribution is 2.34. The van der Waals surface area contributed by atoms with Crippen molar-refractivity contribution < 1.29 is 9.21 Å². The summed E-state index contributed by atoms with van der Waals surface area (Å²) in [6.45, 7) is 4.79. The fourth-order valence-corrected chi connectivity index (χ4v) is 4.54. The lowest BCUT2D eigenvalue weighted by Gasteiger charge is -2.07. The lowest BCUT2D eigenvalue weighted by atomic mass is 10.1. The normalized spacial score (nSPS) is 11.0. The Morgan fingerprint density at radius 2 is 2.18 bits per heavy atom. The Kier molecular flexibility index (Phi) is 5.59. The van der Waals surface area contributed by atoms with Gasteiger partial charge in [0, 0.05) is 27.6 Å². The van der Waals surface area contributed by atoms with Gasteiger partial charge in [0.25, 0.3) is 0 Å². The van der Waals surface area contributed by atoms with Crippen molar-refractivity contribution in [3.63, 3.8) is 0 Å². The van der Waals surface area contributed by atoms with Crippen molar-refractivity contribution in [3.05, 3.63) is 66.5 Å². The summed E-state index contributed by atoms with van der Waals surface area (Å²) in [7, 11) is 0. The first kappa shape index (κ1) is 18.5. The van der Waals surface area contributed by atoms with E-state index in [0.29, 0.717) is 18.2 Å². The number of benzene rings is 1. The number of nitrogens with zero attached hydrogens (tertiary/aromatic N) is 3. The first-order chi connectivity index (χ1) is 13.8. The molecule has 0 unspecified atom stereocenters. The molecule has 3 aromatic heterocycles. The summed E-state index contributed by atoms with van der Waals surface area (Å²) in [5.41, 5.74) is 1.05. The van der Waals surface area contributed by atoms with Crippen molar-refractivity contribution in [1.82, 2.24) is 20.1 Å². The van der Waals surface area contributed by atoms with Gasteiger partial charge in [-0.3, -0.25) is 9.36 Å². The summed E-state index contributed by atoms with van der Waals surface area (Å²) in [5.74, 6) is 1.67. The summed E-state index contributed by atoms with van der Waals surface area (Å²) in [6, 6.07) is 11.8. The minimum atomic E-state index is -0.0860. The van der Waals surface area contributed by atoms with E-state index in [2.05, 4.69) is 39.6 Å². The number of rotatable bonds is 8. The molecule has 4 aromatic rings. The van der Waals surface area contributed by atoms with E-state index in [1.165, 1.54) is 16.5 Å². The van der Waals surface area contributed by atoms with E-state index in [4.69, 9.17) is 4.42 Å². The van der Waals surface area contributed by atoms with Gasteiger partial charge in [0.1, 0.15) is 5.76 Å². The maximum atomic E-state index is 12.1. The lowest BCUT2D eigenvalue weighted by molar-refractivity contribution is -0.118. The summed E-state index contributed by atoms with van der Waals surface area (Å²) in [6.07, 6.45) is 3.39. The van der Waals surface area contributed by atoms with Gasteiger partial charge in [-0.05, 0) is 18.2 Å². The van der Waals surface area contributed by atoms with E-state index in [-0.39, 0.29) is 11.7 Å². The Bertz CT molecular complexity index is 1100. The maximum Gasteiger partial charge on any atom is 0.230 e. The molecular formula is C20H18N4O2S2. The molecule has 1 N–H and O–H groups in total. The van der Waals surface area contributed by atoms with Crippen LogP contribution in [0.1, 0.15) is 5.76 Å². The quantitative estimate of drug-likeness (QED) is 0.345. The molecule has 4 rings (SSSR count). The van der Waals surface area contributed by atoms with Gasteiger partial charge in [-0.1, -0.05) is 36.0 Å². The third-order valence-corrected chi connectivity index (χ3v) is 6.05. The molecule has 0 atom stereocenters. The van der Waals surface area contributed by atoms with Crippen LogP contribution in [-0.2, 0) is 17.9 Å². The highest BCUT2D eigenvalue weighted by Gasteiger charge is 2.17. The number of furan rings is 1. The van der Waals surface area contributed by atoms with Crippen LogP contribution in [0, 0.1) is 0 Å². The number of nitrogens with one attached hydrogen (secondary N) is 1. The molecule has 28 heavy (non-hydrogen) atoms. The minimum Gasteiger partial charge on any atom is -0.467 e. The van der Waals surface area contributed by atoms with Gasteiger partial charge >= 0.3 is 0 Å². The molecule has 0 saturated heterocycles. The molecule has 0 aliphatic heterocycles. The lowest BCUT2D eigenvalue weighted by Crippen LogP contribution is -2.24. The zero-order chi connectivity index (χ0) is 19.3. The largest absolute Gasteiger partial charge is 0.467 e. The molecule has 142 valence electrons. The molecule has 8 heteroatoms. The third-order valence-electron chi connectivity index (χ3n) is 4.12. The zero-order valence-corrected chi connectivity index (χ0v) is 16.6. The van der Waals surface area contributed by atoms with Gasteiger partial charge in [-0.2, -0.15) is 0 Å². The van der Waals surface area contributed by atoms with Crippen LogP contribution in [0.25, 0.3) is 21.5 Å². The fourth-order valence-electron chi connectivity index (χ4n) is 2.82. The molecule has 0 spiro atoms. The van der Waals surface area contributed by atoms with Crippen LogP contribution in [0.4, 0.5) is 0 Å². The number of aromatic nitrogens is 3. The molecule has 0 radical (unpaired) electrons. The fraction of sp³-hybridized carbons (Fsp3) is 0.150. The minimum absolute atomic E-state index is 0.0860. The highest BCUT2D eigenvalue weighted by molar-refractivity contribution is 7.99. The SMILES string of the molecule is C=CCn1c(SCC(=O)NCc2ccco2)nnc1-c1csc2ccccc12. The Balaban J connectivity index is 1.50. The van der Waals surface area contributed by atoms with Crippen LogP contribution in [0.15, 0.2) is 70.3 Å². The Labute approximate surface area is 170 Å². The third kappa shape index (κ3) is 3.88. The van der Waals surface area contributed by atoms with Crippen LogP contribution in [0.3, 0.4) is 0 Å². The smallest absolute Gasteiger partial charge is 0.230 e. The number of hydrogen-bond acceptors (Lipinski definition) is 6. The molecule has 1 amide bonds. The number of thiophene rings is 1. The van der Waals surface area contributed by atoms with Gasteiger partial charge < -0.3 is 9.73 Å². The van der Waals surface area contributed by atoms with Crippen LogP contribution in [0.5, 0.6) is 0 Å². The van der Waals surface area contributed by atoms with Crippen LogP contribution in [-0.4, -0.2) is 26.4 Å². The number of carbonyl (C=O) groups excluding carboxylic acids is 1. The van der Waals surface area contributed by atoms with Crippen LogP contribution >= 0.6 is 23.1 Å². The Hall–Kier alpha value is -2.84. The topological polar surface area (TPSA) is 73.0 Å². The monoisotopic (exact) mass is 410 g/mol. The molecule has 1 aromatic carbocycles. The molecular weight excluding hydrogens is 392 g/mol. The standard InChI is InChI=1S/C20H18N4O2S2/c1-2-9-24-19(16-12-27-17-8-4-3-7-15(16)17)22-23-20(24)28-13-18(25)21-11-14-6-5-10-26-14/h2-8,10,12H,1,9,11,13H2,(H,21,25). The maximum absolute atomic E-state index is 12.1. The van der Waals surface area contributed by atoms with E-state index in [1.807, 2.05) is 28.8 Å². The second kappa shape index (κ2) is 8.45. The predicted molar refractivity (Wildman–Crippen MR) is 112 cm³/mol. The number of hydrogen-bond donors (Lipinski definition) is 1. The zero-order valence-electron chi connectivity index (χ0n) is 15.0. The Morgan fingerprint density at radius 1 is 1.29 bits per heavy atom. The van der Waals surface area contributed by atoms with Crippen molar-refractivity contribution in [3.8, 4) is 11.4 Å². The predicted octanol–water partition coefficient (Wildman–Crippen LogP) is 4.35. The molecule has 0 aliphatic carbocycles. The molecule has 0 bridgehead atoms. The van der Waals surface area contributed by atoms with E-state index < -0.39 is 0 Å². The van der Waals surface area contributed by atoms with Crippen molar-refractivity contribution in [2.75, 3.05) is 5.75 Å². The van der Waals surface area contributed by atoms with Crippen LogP contribution < -0.4 is 5.32 Å². The van der Waals surface area contributed by atoms with Gasteiger partial charge in [0.2, 0.25) is 5.91 Å². The number of carbonyl (C=O) groups is 1. The average molecular weight is 411 g/mol. The number of allylic oxidation sites excluding steroid dienone is 1. The molecule has 3 heterocycles. The van der Waals surface area contributed by atoms with Gasteiger partial charge in [-0.25, -0.2) is 0 Å². The number of fused-ring (bicyclic) bond motifs is 1. The summed E-state index contributed by atoms with van der Waals surface area (Å²) < 4.78 is 8.42. The molecule has 6 nitrogen and oxygen atoms in total. The van der Waals surface area contributed by atoms with E-state index in [0.717, 1.165) is 22.5 Å². The molecule has 0 saturated carbocycles. The number of amides is 1. The van der Waals surface area contributed by atoms with Gasteiger partial charge in [0.05, 0.1) is 18.6 Å². The van der Waals surface area contributed by atoms with Crippen LogP contribution in [0.2, 0.25) is 0 Å². The second-order valence-corrected chi connectivity index (χ2v) is 7.85. The van der Waals surface area contributed by atoms with Crippen molar-refractivity contribution in [1.29, 1.82) is 0 Å². The van der Waals surface area contributed by atoms with Crippen molar-refractivity contribution >= 4 is 39.1 Å². The summed E-state index contributed by atoms with van der Waals surface area (Å²) >= 11 is 3.04. The van der Waals surface area contributed by atoms with Gasteiger partial charge in [0.15, 0.2) is 11.0 Å². The van der Waals surface area contributed by atoms with Crippen molar-refractivity contribution in [2.45, 2.75) is 18.2 Å². The average Bonchev–Trinajstić information content (AvgIpc) is 3.45. The molecule has 0 fully saturated rings. The second-order valence-electron chi connectivity index (χ2n) is 6.00. The number of thioether (sulfide) groups is 1. The first-order valence-corrected chi connectivity index (χ1v) is 10.6. The van der Waals surface area contributed by atoms with Gasteiger partial charge in [-0.15, -0.1) is 28.1 Å².